The van der Waals surface area contributed by atoms with E-state index in [1.54, 1.807) is 6.07 Å². The molecule has 0 aliphatic carbocycles. The fourth-order valence-corrected chi connectivity index (χ4v) is 2.61. The molecule has 21 heavy (non-hydrogen) atoms. The van der Waals surface area contributed by atoms with Gasteiger partial charge in [-0.05, 0) is 31.9 Å². The summed E-state index contributed by atoms with van der Waals surface area (Å²) < 4.78 is 38.8. The van der Waals surface area contributed by atoms with E-state index in [0.29, 0.717) is 12.2 Å². The van der Waals surface area contributed by atoms with Crippen molar-refractivity contribution in [1.29, 1.82) is 0 Å². The second-order valence-electron chi connectivity index (χ2n) is 5.31. The van der Waals surface area contributed by atoms with E-state index in [0.717, 1.165) is 10.6 Å². The lowest BCUT2D eigenvalue weighted by molar-refractivity contribution is -0.195. The molecule has 1 fully saturated rings. The third-order valence-electron chi connectivity index (χ3n) is 3.60. The van der Waals surface area contributed by atoms with E-state index in [-0.39, 0.29) is 19.0 Å². The molecule has 1 aliphatic heterocycles. The predicted octanol–water partition coefficient (Wildman–Crippen LogP) is 2.74. The van der Waals surface area contributed by atoms with Gasteiger partial charge < -0.3 is 10.2 Å². The first kappa shape index (κ1) is 15.6. The second kappa shape index (κ2) is 5.91. The van der Waals surface area contributed by atoms with E-state index >= 15 is 0 Å². The minimum atomic E-state index is -4.38. The van der Waals surface area contributed by atoms with Crippen molar-refractivity contribution in [2.75, 3.05) is 11.9 Å². The van der Waals surface area contributed by atoms with E-state index < -0.39 is 18.1 Å². The van der Waals surface area contributed by atoms with Crippen LogP contribution in [0.15, 0.2) is 18.2 Å². The monoisotopic (exact) mass is 301 g/mol. The Hall–Kier alpha value is -1.79. The Labute approximate surface area is 121 Å². The number of rotatable bonds is 2. The zero-order chi connectivity index (χ0) is 15.6. The highest BCUT2D eigenvalue weighted by atomic mass is 19.4. The number of pyridine rings is 1. The van der Waals surface area contributed by atoms with Crippen LogP contribution >= 0.6 is 0 Å². The second-order valence-corrected chi connectivity index (χ2v) is 5.31. The number of hydrogen-bond acceptors (Lipinski definition) is 3. The van der Waals surface area contributed by atoms with E-state index in [1.807, 2.05) is 19.1 Å². The van der Waals surface area contributed by atoms with Crippen LogP contribution in [-0.4, -0.2) is 40.6 Å². The number of likely N-dealkylation sites (tertiary alicyclic amines) is 1. The molecule has 0 bridgehead atoms. The van der Waals surface area contributed by atoms with Gasteiger partial charge in [-0.1, -0.05) is 6.07 Å². The number of nitrogens with one attached hydrogen (secondary N) is 1. The molecule has 1 N–H and O–H groups in total. The molecular weight excluding hydrogens is 283 g/mol. The van der Waals surface area contributed by atoms with Crippen molar-refractivity contribution in [3.05, 3.63) is 23.9 Å². The Morgan fingerprint density at radius 2 is 2.10 bits per heavy atom. The fraction of sp³-hybridized carbons (Fsp3) is 0.571. The molecule has 2 heterocycles. The topological polar surface area (TPSA) is 45.2 Å². The smallest absolute Gasteiger partial charge is 0.366 e. The van der Waals surface area contributed by atoms with Crippen molar-refractivity contribution in [2.45, 2.75) is 44.9 Å². The highest BCUT2D eigenvalue weighted by Gasteiger charge is 2.47. The molecule has 2 rings (SSSR count). The molecular formula is C14H18F3N3O. The Balaban J connectivity index is 2.07. The fourth-order valence-electron chi connectivity index (χ4n) is 2.61. The number of aromatic nitrogens is 1. The highest BCUT2D eigenvalue weighted by Crippen LogP contribution is 2.32. The van der Waals surface area contributed by atoms with Crippen molar-refractivity contribution in [3.8, 4) is 0 Å². The summed E-state index contributed by atoms with van der Waals surface area (Å²) in [5.41, 5.74) is 0.826. The van der Waals surface area contributed by atoms with E-state index in [1.165, 1.54) is 6.92 Å². The standard InChI is InChI=1S/C14H18F3N3O/c1-9-4-3-5-13(18-9)19-11-6-7-12(14(15,16)17)20(8-11)10(2)21/h3-5,11-12H,6-8H2,1-2H3,(H,18,19). The SMILES string of the molecule is CC(=O)N1CC(Nc2cccc(C)n2)CCC1C(F)(F)F. The number of carbonyl (C=O) groups is 1. The lowest BCUT2D eigenvalue weighted by Gasteiger charge is -2.40. The van der Waals surface area contributed by atoms with E-state index in [9.17, 15) is 18.0 Å². The number of carbonyl (C=O) groups excluding carboxylic acids is 1. The number of nitrogens with zero attached hydrogens (tertiary/aromatic N) is 2. The molecule has 1 saturated heterocycles. The predicted molar refractivity (Wildman–Crippen MR) is 72.8 cm³/mol. The minimum Gasteiger partial charge on any atom is -0.366 e. The number of amides is 1. The van der Waals surface area contributed by atoms with Crippen LogP contribution in [-0.2, 0) is 4.79 Å². The summed E-state index contributed by atoms with van der Waals surface area (Å²) in [5.74, 6) is 0.0648. The maximum atomic E-state index is 12.9. The van der Waals surface area contributed by atoms with Gasteiger partial charge in [0.25, 0.3) is 0 Å². The molecule has 1 aliphatic rings. The van der Waals surface area contributed by atoms with Crippen molar-refractivity contribution in [1.82, 2.24) is 9.88 Å². The van der Waals surface area contributed by atoms with Gasteiger partial charge >= 0.3 is 6.18 Å². The van der Waals surface area contributed by atoms with Gasteiger partial charge in [0, 0.05) is 25.2 Å². The van der Waals surface area contributed by atoms with Gasteiger partial charge in [-0.2, -0.15) is 13.2 Å². The number of alkyl halides is 3. The van der Waals surface area contributed by atoms with Crippen LogP contribution < -0.4 is 5.32 Å². The van der Waals surface area contributed by atoms with Crippen LogP contribution in [0.1, 0.15) is 25.5 Å². The summed E-state index contributed by atoms with van der Waals surface area (Å²) in [6.07, 6.45) is -4.12. The maximum Gasteiger partial charge on any atom is 0.408 e. The minimum absolute atomic E-state index is 0.0368. The van der Waals surface area contributed by atoms with Crippen LogP contribution in [0.2, 0.25) is 0 Å². The number of piperidine rings is 1. The van der Waals surface area contributed by atoms with Gasteiger partial charge in [0.15, 0.2) is 0 Å². The average Bonchev–Trinajstić information content (AvgIpc) is 2.37. The van der Waals surface area contributed by atoms with Crippen LogP contribution in [0, 0.1) is 6.92 Å². The van der Waals surface area contributed by atoms with E-state index in [4.69, 9.17) is 0 Å². The largest absolute Gasteiger partial charge is 0.408 e. The first-order valence-electron chi connectivity index (χ1n) is 6.81. The Kier molecular flexibility index (Phi) is 4.39. The van der Waals surface area contributed by atoms with Gasteiger partial charge in [0.05, 0.1) is 0 Å². The van der Waals surface area contributed by atoms with Crippen molar-refractivity contribution < 1.29 is 18.0 Å². The molecule has 0 spiro atoms. The Bertz CT molecular complexity index is 518. The van der Waals surface area contributed by atoms with Crippen LogP contribution in [0.4, 0.5) is 19.0 Å². The zero-order valence-electron chi connectivity index (χ0n) is 11.9. The quantitative estimate of drug-likeness (QED) is 0.913. The number of hydrogen-bond donors (Lipinski definition) is 1. The summed E-state index contributed by atoms with van der Waals surface area (Å²) in [7, 11) is 0. The molecule has 2 atom stereocenters. The van der Waals surface area contributed by atoms with Crippen molar-refractivity contribution >= 4 is 11.7 Å². The molecule has 1 aromatic heterocycles. The summed E-state index contributed by atoms with van der Waals surface area (Å²) in [6.45, 7) is 3.05. The molecule has 116 valence electrons. The lowest BCUT2D eigenvalue weighted by atomic mass is 9.97. The van der Waals surface area contributed by atoms with Gasteiger partial charge in [-0.15, -0.1) is 0 Å². The summed E-state index contributed by atoms with van der Waals surface area (Å²) >= 11 is 0. The molecule has 0 radical (unpaired) electrons. The molecule has 1 amide bonds. The molecule has 2 unspecified atom stereocenters. The number of halogens is 3. The summed E-state index contributed by atoms with van der Waals surface area (Å²) in [5, 5.41) is 3.11. The number of anilines is 1. The Morgan fingerprint density at radius 3 is 2.67 bits per heavy atom. The molecule has 7 heteroatoms. The third-order valence-corrected chi connectivity index (χ3v) is 3.60. The van der Waals surface area contributed by atoms with Crippen molar-refractivity contribution in [2.24, 2.45) is 0 Å². The van der Waals surface area contributed by atoms with Gasteiger partial charge in [0.2, 0.25) is 5.91 Å². The molecule has 0 aromatic carbocycles. The summed E-state index contributed by atoms with van der Waals surface area (Å²) in [4.78, 5) is 16.7. The van der Waals surface area contributed by atoms with Gasteiger partial charge in [0.1, 0.15) is 11.9 Å². The summed E-state index contributed by atoms with van der Waals surface area (Å²) in [6, 6.07) is 3.53. The molecule has 4 nitrogen and oxygen atoms in total. The first-order valence-corrected chi connectivity index (χ1v) is 6.81. The molecule has 0 saturated carbocycles. The van der Waals surface area contributed by atoms with Crippen LogP contribution in [0.5, 0.6) is 0 Å². The Morgan fingerprint density at radius 1 is 1.38 bits per heavy atom. The zero-order valence-corrected chi connectivity index (χ0v) is 11.9. The van der Waals surface area contributed by atoms with E-state index in [2.05, 4.69) is 10.3 Å². The van der Waals surface area contributed by atoms with Gasteiger partial charge in [-0.3, -0.25) is 4.79 Å². The van der Waals surface area contributed by atoms with Crippen LogP contribution in [0.25, 0.3) is 0 Å². The normalized spacial score (nSPS) is 23.0. The maximum absolute atomic E-state index is 12.9. The van der Waals surface area contributed by atoms with Crippen molar-refractivity contribution in [3.63, 3.8) is 0 Å². The first-order chi connectivity index (χ1) is 9.77. The lowest BCUT2D eigenvalue weighted by Crippen LogP contribution is -2.55. The van der Waals surface area contributed by atoms with Gasteiger partial charge in [-0.25, -0.2) is 4.98 Å². The highest BCUT2D eigenvalue weighted by molar-refractivity contribution is 5.74. The number of aryl methyl sites for hydroxylation is 1. The van der Waals surface area contributed by atoms with Crippen LogP contribution in [0.3, 0.4) is 0 Å². The molecule has 1 aromatic rings. The third kappa shape index (κ3) is 3.86. The average molecular weight is 301 g/mol.